The Labute approximate surface area is 172 Å². The van der Waals surface area contributed by atoms with Crippen molar-refractivity contribution in [2.24, 2.45) is 5.16 Å². The van der Waals surface area contributed by atoms with Gasteiger partial charge in [-0.05, 0) is 48.2 Å². The summed E-state index contributed by atoms with van der Waals surface area (Å²) in [5.41, 5.74) is 6.92. The Bertz CT molecular complexity index is 1320. The Morgan fingerprint density at radius 3 is 2.67 bits per heavy atom. The number of aromatic nitrogens is 4. The first-order chi connectivity index (χ1) is 14.8. The number of nitriles is 1. The van der Waals surface area contributed by atoms with Gasteiger partial charge in [-0.3, -0.25) is 4.98 Å². The van der Waals surface area contributed by atoms with Crippen molar-refractivity contribution < 1.29 is 5.21 Å². The van der Waals surface area contributed by atoms with Crippen LogP contribution in [0.15, 0.2) is 72.4 Å². The highest BCUT2D eigenvalue weighted by Gasteiger charge is 2.21. The smallest absolute Gasteiger partial charge is 0.171 e. The molecule has 1 aliphatic rings. The summed E-state index contributed by atoms with van der Waals surface area (Å²) in [6, 6.07) is 15.6. The van der Waals surface area contributed by atoms with Crippen LogP contribution < -0.4 is 0 Å². The van der Waals surface area contributed by atoms with Crippen LogP contribution in [0, 0.1) is 11.3 Å². The lowest BCUT2D eigenvalue weighted by molar-refractivity contribution is 0.318. The number of benzene rings is 1. The minimum Gasteiger partial charge on any atom is -0.411 e. The van der Waals surface area contributed by atoms with Crippen LogP contribution in [0.3, 0.4) is 0 Å². The molecule has 1 N–H and O–H groups in total. The molecule has 0 bridgehead atoms. The fraction of sp³-hybridized carbons (Fsp3) is 0.0870. The zero-order chi connectivity index (χ0) is 20.5. The van der Waals surface area contributed by atoms with Gasteiger partial charge in [0, 0.05) is 41.5 Å². The molecule has 0 amide bonds. The predicted molar refractivity (Wildman–Crippen MR) is 111 cm³/mol. The molecule has 144 valence electrons. The third-order valence-electron chi connectivity index (χ3n) is 5.27. The van der Waals surface area contributed by atoms with Crippen molar-refractivity contribution in [3.63, 3.8) is 0 Å². The number of pyridine rings is 2. The lowest BCUT2D eigenvalue weighted by Crippen LogP contribution is -2.01. The molecule has 30 heavy (non-hydrogen) atoms. The highest BCUT2D eigenvalue weighted by Crippen LogP contribution is 2.35. The first-order valence-electron chi connectivity index (χ1n) is 9.48. The van der Waals surface area contributed by atoms with Gasteiger partial charge in [-0.25, -0.2) is 9.67 Å². The molecule has 7 heteroatoms. The summed E-state index contributed by atoms with van der Waals surface area (Å²) in [6.07, 6.45) is 8.56. The van der Waals surface area contributed by atoms with Gasteiger partial charge in [-0.1, -0.05) is 23.4 Å². The van der Waals surface area contributed by atoms with E-state index < -0.39 is 0 Å². The minimum atomic E-state index is 0.450. The zero-order valence-corrected chi connectivity index (χ0v) is 15.9. The third-order valence-corrected chi connectivity index (χ3v) is 5.27. The second-order valence-electron chi connectivity index (χ2n) is 6.98. The summed E-state index contributed by atoms with van der Waals surface area (Å²) in [5, 5.41) is 26.9. The quantitative estimate of drug-likeness (QED) is 0.420. The van der Waals surface area contributed by atoms with Gasteiger partial charge in [0.25, 0.3) is 0 Å². The molecule has 0 unspecified atom stereocenters. The predicted octanol–water partition coefficient (Wildman–Crippen LogP) is 3.99. The Hall–Kier alpha value is -4.31. The van der Waals surface area contributed by atoms with Crippen LogP contribution in [0.25, 0.3) is 28.2 Å². The maximum Gasteiger partial charge on any atom is 0.171 e. The van der Waals surface area contributed by atoms with E-state index in [1.807, 2.05) is 30.5 Å². The van der Waals surface area contributed by atoms with Crippen molar-refractivity contribution in [1.82, 2.24) is 19.7 Å². The van der Waals surface area contributed by atoms with Gasteiger partial charge in [0.05, 0.1) is 11.3 Å². The summed E-state index contributed by atoms with van der Waals surface area (Å²) in [7, 11) is 0. The first kappa shape index (κ1) is 17.8. The van der Waals surface area contributed by atoms with E-state index >= 15 is 0 Å². The second kappa shape index (κ2) is 7.26. The number of fused-ring (bicyclic) bond motifs is 1. The van der Waals surface area contributed by atoms with Crippen LogP contribution in [0.2, 0.25) is 0 Å². The van der Waals surface area contributed by atoms with E-state index in [9.17, 15) is 10.5 Å². The molecular weight excluding hydrogens is 376 g/mol. The molecule has 1 aromatic carbocycles. The standard InChI is InChI=1S/C23H16N6O/c24-13-18-2-1-9-26-23(18)29-14-20(22(27-29)15-7-10-25-11-8-15)17-3-5-19-16(12-17)4-6-21(19)28-30/h1-3,5,7-12,14,30H,4,6H2/b28-21+. The SMILES string of the molecule is N#Cc1cccnc1-n1cc(-c2ccc3c(c2)CC/C3=N\O)c(-c2ccncc2)n1. The molecule has 5 rings (SSSR count). The molecular formula is C23H16N6O. The monoisotopic (exact) mass is 392 g/mol. The van der Waals surface area contributed by atoms with E-state index in [4.69, 9.17) is 5.10 Å². The van der Waals surface area contributed by atoms with Gasteiger partial charge in [0.1, 0.15) is 11.8 Å². The van der Waals surface area contributed by atoms with E-state index in [1.165, 1.54) is 0 Å². The van der Waals surface area contributed by atoms with Gasteiger partial charge in [0.2, 0.25) is 0 Å². The van der Waals surface area contributed by atoms with Gasteiger partial charge in [-0.15, -0.1) is 0 Å². The van der Waals surface area contributed by atoms with Crippen LogP contribution in [0.1, 0.15) is 23.1 Å². The fourth-order valence-corrected chi connectivity index (χ4v) is 3.82. The largest absolute Gasteiger partial charge is 0.411 e. The Kier molecular flexibility index (Phi) is 4.30. The molecule has 3 heterocycles. The van der Waals surface area contributed by atoms with Crippen LogP contribution in [-0.4, -0.2) is 30.7 Å². The molecule has 0 saturated heterocycles. The molecule has 1 aliphatic carbocycles. The van der Waals surface area contributed by atoms with Crippen LogP contribution in [0.4, 0.5) is 0 Å². The van der Waals surface area contributed by atoms with Crippen LogP contribution >= 0.6 is 0 Å². The van der Waals surface area contributed by atoms with Gasteiger partial charge in [0.15, 0.2) is 5.82 Å². The van der Waals surface area contributed by atoms with E-state index in [0.717, 1.165) is 46.4 Å². The molecule has 7 nitrogen and oxygen atoms in total. The van der Waals surface area contributed by atoms with Crippen molar-refractivity contribution in [3.8, 4) is 34.3 Å². The minimum absolute atomic E-state index is 0.450. The number of aryl methyl sites for hydroxylation is 1. The fourth-order valence-electron chi connectivity index (χ4n) is 3.82. The number of rotatable bonds is 3. The molecule has 0 atom stereocenters. The lowest BCUT2D eigenvalue weighted by atomic mass is 9.98. The highest BCUT2D eigenvalue weighted by atomic mass is 16.4. The number of hydrogen-bond acceptors (Lipinski definition) is 6. The third kappa shape index (κ3) is 2.91. The molecule has 0 saturated carbocycles. The maximum absolute atomic E-state index is 9.47. The second-order valence-corrected chi connectivity index (χ2v) is 6.98. The average molecular weight is 392 g/mol. The maximum atomic E-state index is 9.47. The van der Waals surface area contributed by atoms with Gasteiger partial charge < -0.3 is 5.21 Å². The van der Waals surface area contributed by atoms with Crippen molar-refractivity contribution in [3.05, 3.63) is 83.9 Å². The van der Waals surface area contributed by atoms with E-state index in [-0.39, 0.29) is 0 Å². The average Bonchev–Trinajstić information content (AvgIpc) is 3.43. The summed E-state index contributed by atoms with van der Waals surface area (Å²) < 4.78 is 1.65. The van der Waals surface area contributed by atoms with Crippen LogP contribution in [-0.2, 0) is 6.42 Å². The Morgan fingerprint density at radius 2 is 1.87 bits per heavy atom. The van der Waals surface area contributed by atoms with Gasteiger partial charge in [-0.2, -0.15) is 10.4 Å². The summed E-state index contributed by atoms with van der Waals surface area (Å²) in [5.74, 6) is 0.484. The molecule has 0 aliphatic heterocycles. The normalized spacial score (nSPS) is 13.9. The molecule has 3 aromatic heterocycles. The zero-order valence-electron chi connectivity index (χ0n) is 15.9. The molecule has 0 radical (unpaired) electrons. The number of nitrogens with zero attached hydrogens (tertiary/aromatic N) is 6. The van der Waals surface area contributed by atoms with Crippen molar-refractivity contribution in [2.45, 2.75) is 12.8 Å². The first-order valence-corrected chi connectivity index (χ1v) is 9.48. The van der Waals surface area contributed by atoms with E-state index in [2.05, 4.69) is 27.3 Å². The lowest BCUT2D eigenvalue weighted by Gasteiger charge is -2.05. The summed E-state index contributed by atoms with van der Waals surface area (Å²) in [6.45, 7) is 0. The topological polar surface area (TPSA) is 100.0 Å². The van der Waals surface area contributed by atoms with Crippen molar-refractivity contribution in [1.29, 1.82) is 5.26 Å². The molecule has 0 spiro atoms. The summed E-state index contributed by atoms with van der Waals surface area (Å²) >= 11 is 0. The summed E-state index contributed by atoms with van der Waals surface area (Å²) in [4.78, 5) is 8.47. The number of oxime groups is 1. The Morgan fingerprint density at radius 1 is 1.00 bits per heavy atom. The Balaban J connectivity index is 1.70. The van der Waals surface area contributed by atoms with Gasteiger partial charge >= 0.3 is 0 Å². The van der Waals surface area contributed by atoms with E-state index in [1.54, 1.807) is 35.4 Å². The van der Waals surface area contributed by atoms with Crippen molar-refractivity contribution in [2.75, 3.05) is 0 Å². The van der Waals surface area contributed by atoms with Crippen molar-refractivity contribution >= 4 is 5.71 Å². The molecule has 0 fully saturated rings. The number of hydrogen-bond donors (Lipinski definition) is 1. The van der Waals surface area contributed by atoms with Crippen LogP contribution in [0.5, 0.6) is 0 Å². The van der Waals surface area contributed by atoms with E-state index in [0.29, 0.717) is 17.1 Å². The molecule has 4 aromatic rings. The highest BCUT2D eigenvalue weighted by molar-refractivity contribution is 6.04.